The summed E-state index contributed by atoms with van der Waals surface area (Å²) in [7, 11) is 2.92. The SMILES string of the molecule is COC(=O)C1OC(C2C=CC(OC)=CC2)N(C(=O)OC(C)(C)C)C1c1ccccc1. The molecule has 7 heteroatoms. The first kappa shape index (κ1) is 21.9. The summed E-state index contributed by atoms with van der Waals surface area (Å²) in [5.74, 6) is 0.0438. The minimum Gasteiger partial charge on any atom is -0.497 e. The van der Waals surface area contributed by atoms with Crippen molar-refractivity contribution >= 4 is 12.1 Å². The predicted molar refractivity (Wildman–Crippen MR) is 110 cm³/mol. The van der Waals surface area contributed by atoms with E-state index in [9.17, 15) is 9.59 Å². The van der Waals surface area contributed by atoms with E-state index in [0.29, 0.717) is 6.42 Å². The number of methoxy groups -OCH3 is 2. The maximum absolute atomic E-state index is 13.3. The van der Waals surface area contributed by atoms with E-state index < -0.39 is 36.0 Å². The van der Waals surface area contributed by atoms with E-state index in [0.717, 1.165) is 11.3 Å². The number of esters is 1. The molecule has 1 heterocycles. The minimum absolute atomic E-state index is 0.169. The maximum atomic E-state index is 13.3. The van der Waals surface area contributed by atoms with Crippen molar-refractivity contribution in [1.29, 1.82) is 0 Å². The van der Waals surface area contributed by atoms with Crippen molar-refractivity contribution < 1.29 is 28.5 Å². The first-order chi connectivity index (χ1) is 14.2. The Morgan fingerprint density at radius 3 is 2.37 bits per heavy atom. The Balaban J connectivity index is 2.02. The van der Waals surface area contributed by atoms with E-state index in [4.69, 9.17) is 18.9 Å². The van der Waals surface area contributed by atoms with Crippen molar-refractivity contribution in [3.05, 3.63) is 59.9 Å². The van der Waals surface area contributed by atoms with Gasteiger partial charge in [0.25, 0.3) is 0 Å². The standard InChI is InChI=1S/C23H29NO6/c1-23(2,3)30-22(26)24-18(15-9-7-6-8-10-15)19(21(25)28-5)29-20(24)16-11-13-17(27-4)14-12-16/h6-11,13-14,16,18-20H,12H2,1-5H3. The second-order valence-corrected chi connectivity index (χ2v) is 8.28. The number of amides is 1. The molecule has 30 heavy (non-hydrogen) atoms. The molecule has 1 aromatic carbocycles. The molecule has 0 aromatic heterocycles. The smallest absolute Gasteiger partial charge is 0.413 e. The number of ether oxygens (including phenoxy) is 4. The molecule has 0 N–H and O–H groups in total. The third-order valence-corrected chi connectivity index (χ3v) is 5.03. The lowest BCUT2D eigenvalue weighted by Crippen LogP contribution is -2.45. The van der Waals surface area contributed by atoms with Gasteiger partial charge in [0.1, 0.15) is 23.6 Å². The first-order valence-corrected chi connectivity index (χ1v) is 9.97. The molecule has 2 aliphatic rings. The zero-order chi connectivity index (χ0) is 21.9. The van der Waals surface area contributed by atoms with Crippen molar-refractivity contribution in [2.45, 2.75) is 51.2 Å². The van der Waals surface area contributed by atoms with Gasteiger partial charge in [-0.3, -0.25) is 4.90 Å². The average Bonchev–Trinajstić information content (AvgIpc) is 3.13. The highest BCUT2D eigenvalue weighted by atomic mass is 16.6. The number of hydrogen-bond acceptors (Lipinski definition) is 6. The van der Waals surface area contributed by atoms with Crippen LogP contribution in [-0.4, -0.2) is 49.1 Å². The highest BCUT2D eigenvalue weighted by Gasteiger charge is 2.52. The van der Waals surface area contributed by atoms with Crippen LogP contribution in [0, 0.1) is 5.92 Å². The fourth-order valence-electron chi connectivity index (χ4n) is 3.70. The molecule has 1 fully saturated rings. The molecule has 0 spiro atoms. The fraction of sp³-hybridized carbons (Fsp3) is 0.478. The molecule has 3 rings (SSSR count). The molecule has 1 aliphatic carbocycles. The van der Waals surface area contributed by atoms with Gasteiger partial charge in [0.2, 0.25) is 0 Å². The third kappa shape index (κ3) is 4.67. The maximum Gasteiger partial charge on any atom is 0.413 e. The number of hydrogen-bond donors (Lipinski definition) is 0. The van der Waals surface area contributed by atoms with E-state index in [1.807, 2.05) is 48.6 Å². The molecule has 4 unspecified atom stereocenters. The second kappa shape index (κ2) is 8.92. The van der Waals surface area contributed by atoms with Crippen molar-refractivity contribution in [1.82, 2.24) is 4.90 Å². The molecule has 1 saturated heterocycles. The van der Waals surface area contributed by atoms with Crippen LogP contribution in [-0.2, 0) is 23.7 Å². The molecule has 162 valence electrons. The normalized spacial score (nSPS) is 26.2. The molecule has 4 atom stereocenters. The monoisotopic (exact) mass is 415 g/mol. The molecule has 1 amide bonds. The van der Waals surface area contributed by atoms with E-state index in [-0.39, 0.29) is 5.92 Å². The summed E-state index contributed by atoms with van der Waals surface area (Å²) in [6.07, 6.45) is 4.11. The molecule has 1 aliphatic heterocycles. The molecule has 0 radical (unpaired) electrons. The number of nitrogens with zero attached hydrogens (tertiary/aromatic N) is 1. The second-order valence-electron chi connectivity index (χ2n) is 8.28. The van der Waals surface area contributed by atoms with Crippen LogP contribution in [0.4, 0.5) is 4.79 Å². The van der Waals surface area contributed by atoms with Crippen LogP contribution in [0.3, 0.4) is 0 Å². The largest absolute Gasteiger partial charge is 0.497 e. The highest BCUT2D eigenvalue weighted by Crippen LogP contribution is 2.42. The average molecular weight is 415 g/mol. The van der Waals surface area contributed by atoms with Gasteiger partial charge in [-0.05, 0) is 44.9 Å². The lowest BCUT2D eigenvalue weighted by atomic mass is 9.96. The Kier molecular flexibility index (Phi) is 6.51. The topological polar surface area (TPSA) is 74.3 Å². The summed E-state index contributed by atoms with van der Waals surface area (Å²) in [5.41, 5.74) is 0.0757. The van der Waals surface area contributed by atoms with E-state index in [1.54, 1.807) is 27.9 Å². The summed E-state index contributed by atoms with van der Waals surface area (Å²) >= 11 is 0. The third-order valence-electron chi connectivity index (χ3n) is 5.03. The van der Waals surface area contributed by atoms with Gasteiger partial charge in [-0.2, -0.15) is 0 Å². The summed E-state index contributed by atoms with van der Waals surface area (Å²) in [6, 6.07) is 8.66. The lowest BCUT2D eigenvalue weighted by molar-refractivity contribution is -0.155. The summed E-state index contributed by atoms with van der Waals surface area (Å²) in [5, 5.41) is 0. The lowest BCUT2D eigenvalue weighted by Gasteiger charge is -2.34. The Morgan fingerprint density at radius 2 is 1.83 bits per heavy atom. The van der Waals surface area contributed by atoms with E-state index in [2.05, 4.69) is 0 Å². The Labute approximate surface area is 177 Å². The molecular weight excluding hydrogens is 386 g/mol. The Hall–Kier alpha value is -2.80. The number of carbonyl (C=O) groups is 2. The van der Waals surface area contributed by atoms with Crippen LogP contribution in [0.25, 0.3) is 0 Å². The van der Waals surface area contributed by atoms with Crippen LogP contribution >= 0.6 is 0 Å². The molecular formula is C23H29NO6. The van der Waals surface area contributed by atoms with Gasteiger partial charge in [-0.15, -0.1) is 0 Å². The van der Waals surface area contributed by atoms with Gasteiger partial charge in [-0.25, -0.2) is 9.59 Å². The van der Waals surface area contributed by atoms with Gasteiger partial charge >= 0.3 is 12.1 Å². The van der Waals surface area contributed by atoms with Gasteiger partial charge in [0, 0.05) is 5.92 Å². The molecule has 0 bridgehead atoms. The van der Waals surface area contributed by atoms with E-state index in [1.165, 1.54) is 12.0 Å². The van der Waals surface area contributed by atoms with Gasteiger partial charge in [0.15, 0.2) is 6.10 Å². The number of benzene rings is 1. The van der Waals surface area contributed by atoms with Crippen LogP contribution in [0.2, 0.25) is 0 Å². The summed E-state index contributed by atoms with van der Waals surface area (Å²) in [6.45, 7) is 5.42. The van der Waals surface area contributed by atoms with Gasteiger partial charge in [-0.1, -0.05) is 36.4 Å². The van der Waals surface area contributed by atoms with Gasteiger partial charge < -0.3 is 18.9 Å². The van der Waals surface area contributed by atoms with E-state index >= 15 is 0 Å². The zero-order valence-corrected chi connectivity index (χ0v) is 18.0. The van der Waals surface area contributed by atoms with Crippen molar-refractivity contribution in [3.63, 3.8) is 0 Å². The highest BCUT2D eigenvalue weighted by molar-refractivity contribution is 5.79. The number of allylic oxidation sites excluding steroid dienone is 2. The fourth-order valence-corrected chi connectivity index (χ4v) is 3.70. The molecule has 1 aromatic rings. The number of carbonyl (C=O) groups excluding carboxylic acids is 2. The van der Waals surface area contributed by atoms with Crippen molar-refractivity contribution in [3.8, 4) is 0 Å². The first-order valence-electron chi connectivity index (χ1n) is 9.97. The van der Waals surface area contributed by atoms with Crippen LogP contribution < -0.4 is 0 Å². The Morgan fingerprint density at radius 1 is 1.13 bits per heavy atom. The van der Waals surface area contributed by atoms with Crippen molar-refractivity contribution in [2.75, 3.05) is 14.2 Å². The molecule has 7 nitrogen and oxygen atoms in total. The quantitative estimate of drug-likeness (QED) is 0.693. The van der Waals surface area contributed by atoms with Crippen LogP contribution in [0.1, 0.15) is 38.8 Å². The van der Waals surface area contributed by atoms with Crippen LogP contribution in [0.15, 0.2) is 54.3 Å². The van der Waals surface area contributed by atoms with Crippen molar-refractivity contribution in [2.24, 2.45) is 5.92 Å². The number of rotatable bonds is 4. The Bertz CT molecular complexity index is 826. The minimum atomic E-state index is -0.962. The van der Waals surface area contributed by atoms with Gasteiger partial charge in [0.05, 0.1) is 14.2 Å². The summed E-state index contributed by atoms with van der Waals surface area (Å²) in [4.78, 5) is 27.4. The predicted octanol–water partition coefficient (Wildman–Crippen LogP) is 3.97. The zero-order valence-electron chi connectivity index (χ0n) is 18.0. The molecule has 0 saturated carbocycles. The summed E-state index contributed by atoms with van der Waals surface area (Å²) < 4.78 is 22.1. The van der Waals surface area contributed by atoms with Crippen LogP contribution in [0.5, 0.6) is 0 Å².